The van der Waals surface area contributed by atoms with Gasteiger partial charge >= 0.3 is 0 Å². The molecule has 0 aliphatic carbocycles. The number of rotatable bonds is 5. The van der Waals surface area contributed by atoms with Crippen molar-refractivity contribution < 1.29 is 14.5 Å². The molecule has 1 aromatic carbocycles. The fourth-order valence-electron chi connectivity index (χ4n) is 1.68. The summed E-state index contributed by atoms with van der Waals surface area (Å²) < 4.78 is 0. The van der Waals surface area contributed by atoms with Crippen LogP contribution in [-0.2, 0) is 4.79 Å². The minimum atomic E-state index is -0.921. The van der Waals surface area contributed by atoms with Crippen LogP contribution in [0.3, 0.4) is 0 Å². The van der Waals surface area contributed by atoms with Crippen LogP contribution in [0.4, 0.5) is 11.4 Å². The molecule has 2 amide bonds. The quantitative estimate of drug-likeness (QED) is 0.423. The number of amides is 2. The zero-order chi connectivity index (χ0) is 16.3. The van der Waals surface area contributed by atoms with Gasteiger partial charge in [-0.05, 0) is 5.92 Å². The number of nitro benzene ring substituents is 1. The van der Waals surface area contributed by atoms with E-state index in [-0.39, 0.29) is 27.9 Å². The first-order chi connectivity index (χ1) is 9.65. The van der Waals surface area contributed by atoms with Gasteiger partial charge in [0.05, 0.1) is 21.2 Å². The average molecular weight is 315 g/mol. The number of nitrogen functional groups attached to an aromatic ring is 1. The number of primary amides is 1. The highest BCUT2D eigenvalue weighted by Gasteiger charge is 2.25. The molecule has 0 heterocycles. The third-order valence-electron chi connectivity index (χ3n) is 2.83. The third kappa shape index (κ3) is 3.82. The Morgan fingerprint density at radius 1 is 1.38 bits per heavy atom. The lowest BCUT2D eigenvalue weighted by molar-refractivity contribution is -0.384. The molecular formula is C12H15ClN4O4. The molecule has 0 aliphatic heterocycles. The van der Waals surface area contributed by atoms with Gasteiger partial charge < -0.3 is 16.8 Å². The van der Waals surface area contributed by atoms with E-state index < -0.39 is 22.8 Å². The number of carbonyl (C=O) groups is 2. The molecule has 114 valence electrons. The van der Waals surface area contributed by atoms with Crippen LogP contribution in [0.25, 0.3) is 0 Å². The van der Waals surface area contributed by atoms with Gasteiger partial charge in [0.15, 0.2) is 0 Å². The molecule has 0 aromatic heterocycles. The first-order valence-electron chi connectivity index (χ1n) is 5.98. The number of non-ortho nitro benzene ring substituents is 1. The molecule has 5 N–H and O–H groups in total. The largest absolute Gasteiger partial charge is 0.397 e. The van der Waals surface area contributed by atoms with Gasteiger partial charge in [0.2, 0.25) is 5.91 Å². The van der Waals surface area contributed by atoms with Crippen LogP contribution in [0.1, 0.15) is 24.2 Å². The van der Waals surface area contributed by atoms with Crippen LogP contribution in [0, 0.1) is 16.0 Å². The molecule has 0 fully saturated rings. The van der Waals surface area contributed by atoms with Crippen LogP contribution in [-0.4, -0.2) is 22.8 Å². The fourth-order valence-corrected chi connectivity index (χ4v) is 1.90. The van der Waals surface area contributed by atoms with Gasteiger partial charge in [-0.25, -0.2) is 0 Å². The summed E-state index contributed by atoms with van der Waals surface area (Å²) in [4.78, 5) is 33.5. The van der Waals surface area contributed by atoms with Gasteiger partial charge in [-0.15, -0.1) is 0 Å². The van der Waals surface area contributed by atoms with Crippen molar-refractivity contribution in [2.24, 2.45) is 11.7 Å². The van der Waals surface area contributed by atoms with Gasteiger partial charge in [-0.3, -0.25) is 19.7 Å². The summed E-state index contributed by atoms with van der Waals surface area (Å²) in [5, 5.41) is 13.1. The SMILES string of the molecule is CC(C)C(NC(=O)c1cc([N+](=O)[O-])cc(Cl)c1N)C(N)=O. The van der Waals surface area contributed by atoms with Crippen molar-refractivity contribution in [3.8, 4) is 0 Å². The van der Waals surface area contributed by atoms with Crippen molar-refractivity contribution in [2.45, 2.75) is 19.9 Å². The van der Waals surface area contributed by atoms with Gasteiger partial charge in [0.1, 0.15) is 6.04 Å². The predicted octanol–water partition coefficient (Wildman–Crippen LogP) is 1.07. The number of nitrogens with zero attached hydrogens (tertiary/aromatic N) is 1. The van der Waals surface area contributed by atoms with Gasteiger partial charge in [-0.1, -0.05) is 25.4 Å². The fraction of sp³-hybridized carbons (Fsp3) is 0.333. The lowest BCUT2D eigenvalue weighted by Crippen LogP contribution is -2.47. The molecule has 1 atom stereocenters. The second-order valence-electron chi connectivity index (χ2n) is 4.74. The lowest BCUT2D eigenvalue weighted by Gasteiger charge is -2.19. The van der Waals surface area contributed by atoms with Crippen LogP contribution in [0.5, 0.6) is 0 Å². The van der Waals surface area contributed by atoms with E-state index >= 15 is 0 Å². The Labute approximate surface area is 125 Å². The number of nitrogens with two attached hydrogens (primary N) is 2. The molecule has 0 saturated carbocycles. The van der Waals surface area contributed by atoms with Crippen LogP contribution in [0.15, 0.2) is 12.1 Å². The third-order valence-corrected chi connectivity index (χ3v) is 3.14. The number of nitro groups is 1. The van der Waals surface area contributed by atoms with Crippen LogP contribution < -0.4 is 16.8 Å². The Balaban J connectivity index is 3.18. The summed E-state index contributed by atoms with van der Waals surface area (Å²) in [5.74, 6) is -1.72. The van der Waals surface area contributed by atoms with Crippen LogP contribution in [0.2, 0.25) is 5.02 Å². The van der Waals surface area contributed by atoms with E-state index in [1.54, 1.807) is 13.8 Å². The summed E-state index contributed by atoms with van der Waals surface area (Å²) >= 11 is 5.77. The molecule has 9 heteroatoms. The Bertz CT molecular complexity index is 603. The van der Waals surface area contributed by atoms with Crippen molar-refractivity contribution in [3.63, 3.8) is 0 Å². The molecule has 0 aliphatic rings. The molecule has 0 bridgehead atoms. The average Bonchev–Trinajstić information content (AvgIpc) is 2.37. The van der Waals surface area contributed by atoms with Crippen molar-refractivity contribution in [3.05, 3.63) is 32.8 Å². The number of nitrogens with one attached hydrogen (secondary N) is 1. The van der Waals surface area contributed by atoms with Crippen LogP contribution >= 0.6 is 11.6 Å². The summed E-state index contributed by atoms with van der Waals surface area (Å²) in [6.07, 6.45) is 0. The maximum atomic E-state index is 12.1. The Kier molecular flexibility index (Phi) is 5.09. The Hall–Kier alpha value is -2.35. The van der Waals surface area contributed by atoms with E-state index in [0.29, 0.717) is 0 Å². The summed E-state index contributed by atoms with van der Waals surface area (Å²) in [6.45, 7) is 3.39. The maximum absolute atomic E-state index is 12.1. The maximum Gasteiger partial charge on any atom is 0.271 e. The van der Waals surface area contributed by atoms with Crippen molar-refractivity contribution in [1.29, 1.82) is 0 Å². The summed E-state index contributed by atoms with van der Waals surface area (Å²) in [6, 6.07) is 1.12. The number of halogens is 1. The first kappa shape index (κ1) is 16.7. The number of hydrogen-bond acceptors (Lipinski definition) is 5. The standard InChI is InChI=1S/C12H15ClN4O4/c1-5(2)10(11(15)18)16-12(19)7-3-6(17(20)21)4-8(13)9(7)14/h3-5,10H,14H2,1-2H3,(H2,15,18)(H,16,19). The molecule has 0 spiro atoms. The zero-order valence-electron chi connectivity index (χ0n) is 11.4. The van der Waals surface area contributed by atoms with Crippen molar-refractivity contribution >= 4 is 34.8 Å². The molecule has 0 saturated heterocycles. The second kappa shape index (κ2) is 6.40. The van der Waals surface area contributed by atoms with Crippen molar-refractivity contribution in [2.75, 3.05) is 5.73 Å². The smallest absolute Gasteiger partial charge is 0.271 e. The van der Waals surface area contributed by atoms with E-state index in [4.69, 9.17) is 23.1 Å². The number of benzene rings is 1. The number of carbonyl (C=O) groups excluding carboxylic acids is 2. The number of anilines is 1. The molecular weight excluding hydrogens is 300 g/mol. The minimum absolute atomic E-state index is 0.105. The predicted molar refractivity (Wildman–Crippen MR) is 77.8 cm³/mol. The normalized spacial score (nSPS) is 12.0. The van der Waals surface area contributed by atoms with E-state index in [2.05, 4.69) is 5.32 Å². The topological polar surface area (TPSA) is 141 Å². The van der Waals surface area contributed by atoms with E-state index in [1.165, 1.54) is 0 Å². The number of hydrogen-bond donors (Lipinski definition) is 3. The highest BCUT2D eigenvalue weighted by Crippen LogP contribution is 2.28. The molecule has 21 heavy (non-hydrogen) atoms. The second-order valence-corrected chi connectivity index (χ2v) is 5.15. The van der Waals surface area contributed by atoms with E-state index in [9.17, 15) is 19.7 Å². The van der Waals surface area contributed by atoms with E-state index in [1.807, 2.05) is 0 Å². The van der Waals surface area contributed by atoms with Crippen molar-refractivity contribution in [1.82, 2.24) is 5.32 Å². The molecule has 1 unspecified atom stereocenters. The highest BCUT2D eigenvalue weighted by molar-refractivity contribution is 6.34. The molecule has 8 nitrogen and oxygen atoms in total. The van der Waals surface area contributed by atoms with E-state index in [0.717, 1.165) is 12.1 Å². The van der Waals surface area contributed by atoms with Gasteiger partial charge in [0, 0.05) is 12.1 Å². The molecule has 1 rings (SSSR count). The summed E-state index contributed by atoms with van der Waals surface area (Å²) in [5.41, 5.74) is 10.2. The van der Waals surface area contributed by atoms with Gasteiger partial charge in [-0.2, -0.15) is 0 Å². The first-order valence-corrected chi connectivity index (χ1v) is 6.36. The highest BCUT2D eigenvalue weighted by atomic mass is 35.5. The Morgan fingerprint density at radius 2 is 1.95 bits per heavy atom. The zero-order valence-corrected chi connectivity index (χ0v) is 12.2. The molecule has 0 radical (unpaired) electrons. The summed E-state index contributed by atoms with van der Waals surface area (Å²) in [7, 11) is 0. The molecule has 1 aromatic rings. The Morgan fingerprint density at radius 3 is 2.38 bits per heavy atom. The monoisotopic (exact) mass is 314 g/mol. The van der Waals surface area contributed by atoms with Gasteiger partial charge in [0.25, 0.3) is 11.6 Å². The lowest BCUT2D eigenvalue weighted by atomic mass is 10.0. The minimum Gasteiger partial charge on any atom is -0.397 e.